The number of anilines is 1. The van der Waals surface area contributed by atoms with Crippen LogP contribution >= 0.6 is 0 Å². The number of nitrogens with zero attached hydrogens (tertiary/aromatic N) is 2. The summed E-state index contributed by atoms with van der Waals surface area (Å²) in [5, 5.41) is 9.43. The Morgan fingerprint density at radius 2 is 2.00 bits per heavy atom. The summed E-state index contributed by atoms with van der Waals surface area (Å²) in [5.74, 6) is 0.449. The third-order valence-electron chi connectivity index (χ3n) is 4.04. The zero-order valence-corrected chi connectivity index (χ0v) is 12.0. The maximum absolute atomic E-state index is 9.43. The van der Waals surface area contributed by atoms with Gasteiger partial charge in [-0.15, -0.1) is 0 Å². The zero-order chi connectivity index (χ0) is 15.0. The molecule has 5 N–H and O–H groups in total. The summed E-state index contributed by atoms with van der Waals surface area (Å²) in [7, 11) is 0. The maximum Gasteiger partial charge on any atom is 0.142 e. The Hall–Kier alpha value is -2.36. The molecule has 21 heavy (non-hydrogen) atoms. The quantitative estimate of drug-likeness (QED) is 0.668. The number of nitrogen functional groups attached to an aromatic ring is 1. The number of nitrogens with two attached hydrogens (primary N) is 1. The van der Waals surface area contributed by atoms with Crippen molar-refractivity contribution in [2.45, 2.75) is 31.8 Å². The molecule has 2 atom stereocenters. The van der Waals surface area contributed by atoms with Gasteiger partial charge < -0.3 is 10.7 Å². The minimum atomic E-state index is 0.165. The van der Waals surface area contributed by atoms with Gasteiger partial charge >= 0.3 is 0 Å². The minimum Gasteiger partial charge on any atom is -0.383 e. The fourth-order valence-corrected chi connectivity index (χ4v) is 3.01. The van der Waals surface area contributed by atoms with E-state index in [1.165, 1.54) is 0 Å². The van der Waals surface area contributed by atoms with E-state index >= 15 is 0 Å². The molecule has 3 rings (SSSR count). The Morgan fingerprint density at radius 3 is 2.57 bits per heavy atom. The summed E-state index contributed by atoms with van der Waals surface area (Å²) in [4.78, 5) is 7.48. The molecule has 2 aromatic heterocycles. The largest absolute Gasteiger partial charge is 0.383 e. The second-order valence-electron chi connectivity index (χ2n) is 5.44. The first-order valence-electron chi connectivity index (χ1n) is 6.97. The van der Waals surface area contributed by atoms with E-state index in [0.29, 0.717) is 5.56 Å². The lowest BCUT2D eigenvalue weighted by molar-refractivity contribution is 0.567. The summed E-state index contributed by atoms with van der Waals surface area (Å²) in [6.07, 6.45) is 1.84. The first-order chi connectivity index (χ1) is 10.1. The molecule has 0 bridgehead atoms. The van der Waals surface area contributed by atoms with Gasteiger partial charge in [0.15, 0.2) is 0 Å². The smallest absolute Gasteiger partial charge is 0.142 e. The molecule has 3 heterocycles. The second-order valence-corrected chi connectivity index (χ2v) is 5.44. The zero-order valence-electron chi connectivity index (χ0n) is 12.0. The van der Waals surface area contributed by atoms with Gasteiger partial charge in [-0.25, -0.2) is 4.98 Å². The molecule has 2 aromatic rings. The molecule has 0 aromatic carbocycles. The van der Waals surface area contributed by atoms with E-state index in [-0.39, 0.29) is 23.8 Å². The third-order valence-corrected chi connectivity index (χ3v) is 4.04. The molecular formula is C15H18N6. The summed E-state index contributed by atoms with van der Waals surface area (Å²) in [6, 6.07) is 8.44. The Kier molecular flexibility index (Phi) is 3.37. The predicted molar refractivity (Wildman–Crippen MR) is 81.1 cm³/mol. The van der Waals surface area contributed by atoms with Gasteiger partial charge in [0.2, 0.25) is 0 Å². The maximum atomic E-state index is 9.43. The van der Waals surface area contributed by atoms with E-state index < -0.39 is 0 Å². The van der Waals surface area contributed by atoms with Crippen molar-refractivity contribution < 1.29 is 0 Å². The average molecular weight is 282 g/mol. The van der Waals surface area contributed by atoms with Gasteiger partial charge in [-0.2, -0.15) is 5.26 Å². The number of hydrogen-bond acceptors (Lipinski definition) is 5. The van der Waals surface area contributed by atoms with Crippen LogP contribution < -0.4 is 16.6 Å². The fourth-order valence-electron chi connectivity index (χ4n) is 3.01. The highest BCUT2D eigenvalue weighted by atomic mass is 15.4. The number of aromatic amines is 1. The van der Waals surface area contributed by atoms with Crippen LogP contribution in [0.2, 0.25) is 0 Å². The van der Waals surface area contributed by atoms with E-state index in [0.717, 1.165) is 17.0 Å². The SMILES string of the molecule is CC1NNC(C)C1c1cc(-c2ccc[nH]2)nc(N)c1C#N. The van der Waals surface area contributed by atoms with Crippen molar-refractivity contribution >= 4 is 5.82 Å². The van der Waals surface area contributed by atoms with E-state index in [1.807, 2.05) is 24.4 Å². The Morgan fingerprint density at radius 1 is 1.29 bits per heavy atom. The molecule has 0 radical (unpaired) electrons. The van der Waals surface area contributed by atoms with Gasteiger partial charge in [-0.1, -0.05) is 0 Å². The molecule has 2 unspecified atom stereocenters. The highest BCUT2D eigenvalue weighted by Crippen LogP contribution is 2.33. The van der Waals surface area contributed by atoms with E-state index in [9.17, 15) is 5.26 Å². The highest BCUT2D eigenvalue weighted by Gasteiger charge is 2.34. The van der Waals surface area contributed by atoms with Gasteiger partial charge in [0, 0.05) is 24.2 Å². The van der Waals surface area contributed by atoms with Crippen molar-refractivity contribution in [1.82, 2.24) is 20.8 Å². The van der Waals surface area contributed by atoms with Crippen molar-refractivity contribution in [2.24, 2.45) is 0 Å². The van der Waals surface area contributed by atoms with Crippen LogP contribution in [0.4, 0.5) is 5.82 Å². The number of rotatable bonds is 2. The number of H-pyrrole nitrogens is 1. The Labute approximate surface area is 123 Å². The molecule has 0 spiro atoms. The lowest BCUT2D eigenvalue weighted by Crippen LogP contribution is -2.30. The minimum absolute atomic E-state index is 0.165. The Balaban J connectivity index is 2.16. The van der Waals surface area contributed by atoms with Crippen LogP contribution in [0.15, 0.2) is 24.4 Å². The lowest BCUT2D eigenvalue weighted by atomic mass is 9.86. The monoisotopic (exact) mass is 282 g/mol. The molecule has 0 aliphatic carbocycles. The van der Waals surface area contributed by atoms with E-state index in [2.05, 4.69) is 40.7 Å². The summed E-state index contributed by atoms with van der Waals surface area (Å²) in [6.45, 7) is 4.18. The van der Waals surface area contributed by atoms with Crippen LogP contribution in [0.3, 0.4) is 0 Å². The molecule has 6 heteroatoms. The molecule has 6 nitrogen and oxygen atoms in total. The van der Waals surface area contributed by atoms with Crippen LogP contribution in [-0.4, -0.2) is 22.1 Å². The van der Waals surface area contributed by atoms with Crippen molar-refractivity contribution in [3.05, 3.63) is 35.5 Å². The number of aromatic nitrogens is 2. The van der Waals surface area contributed by atoms with Gasteiger partial charge in [-0.05, 0) is 37.6 Å². The van der Waals surface area contributed by atoms with Gasteiger partial charge in [0.25, 0.3) is 0 Å². The first kappa shape index (κ1) is 13.6. The van der Waals surface area contributed by atoms with Crippen LogP contribution in [0.25, 0.3) is 11.4 Å². The van der Waals surface area contributed by atoms with Crippen LogP contribution in [0.5, 0.6) is 0 Å². The van der Waals surface area contributed by atoms with Crippen LogP contribution in [0.1, 0.15) is 30.9 Å². The third kappa shape index (κ3) is 2.27. The Bertz CT molecular complexity index is 675. The normalized spacial score (nSPS) is 24.9. The number of hydrazine groups is 1. The van der Waals surface area contributed by atoms with E-state index in [1.54, 1.807) is 0 Å². The van der Waals surface area contributed by atoms with Gasteiger partial charge in [-0.3, -0.25) is 10.9 Å². The fraction of sp³-hybridized carbons (Fsp3) is 0.333. The number of nitriles is 1. The molecule has 1 aliphatic rings. The molecule has 0 amide bonds. The summed E-state index contributed by atoms with van der Waals surface area (Å²) in [5.41, 5.74) is 15.5. The summed E-state index contributed by atoms with van der Waals surface area (Å²) < 4.78 is 0. The standard InChI is InChI=1S/C15H18N6/c1-8-14(9(2)21-20-8)10-6-13(12-4-3-5-18-12)19-15(17)11(10)7-16/h3-6,8-9,14,18,20-21H,1-2H3,(H2,17,19). The predicted octanol–water partition coefficient (Wildman–Crippen LogP) is 1.50. The van der Waals surface area contributed by atoms with Crippen molar-refractivity contribution in [1.29, 1.82) is 5.26 Å². The van der Waals surface area contributed by atoms with Crippen LogP contribution in [0, 0.1) is 11.3 Å². The van der Waals surface area contributed by atoms with Gasteiger partial charge in [0.05, 0.1) is 17.0 Å². The van der Waals surface area contributed by atoms with Crippen LogP contribution in [-0.2, 0) is 0 Å². The van der Waals surface area contributed by atoms with Crippen molar-refractivity contribution in [3.8, 4) is 17.5 Å². The lowest BCUT2D eigenvalue weighted by Gasteiger charge is -2.21. The average Bonchev–Trinajstić information content (AvgIpc) is 3.08. The highest BCUT2D eigenvalue weighted by molar-refractivity contribution is 5.65. The molecular weight excluding hydrogens is 264 g/mol. The molecule has 1 fully saturated rings. The number of pyridine rings is 1. The van der Waals surface area contributed by atoms with Gasteiger partial charge in [0.1, 0.15) is 11.9 Å². The number of hydrogen-bond donors (Lipinski definition) is 4. The molecule has 1 saturated heterocycles. The van der Waals surface area contributed by atoms with E-state index in [4.69, 9.17) is 5.73 Å². The molecule has 0 saturated carbocycles. The molecule has 1 aliphatic heterocycles. The summed E-state index contributed by atoms with van der Waals surface area (Å²) >= 11 is 0. The number of nitrogens with one attached hydrogen (secondary N) is 3. The van der Waals surface area contributed by atoms with Crippen molar-refractivity contribution in [2.75, 3.05) is 5.73 Å². The topological polar surface area (TPSA) is 103 Å². The molecule has 108 valence electrons. The van der Waals surface area contributed by atoms with Crippen molar-refractivity contribution in [3.63, 3.8) is 0 Å². The first-order valence-corrected chi connectivity index (χ1v) is 6.97. The second kappa shape index (κ2) is 5.20.